The van der Waals surface area contributed by atoms with Crippen molar-refractivity contribution in [1.82, 2.24) is 19.5 Å². The van der Waals surface area contributed by atoms with E-state index in [1.54, 1.807) is 35.1 Å². The summed E-state index contributed by atoms with van der Waals surface area (Å²) in [6, 6.07) is 6.75. The molecule has 1 saturated carbocycles. The molecule has 0 radical (unpaired) electrons. The molecule has 1 aliphatic carbocycles. The highest BCUT2D eigenvalue weighted by Gasteiger charge is 2.30. The molecule has 1 amide bonds. The van der Waals surface area contributed by atoms with Gasteiger partial charge in [0.15, 0.2) is 0 Å². The first-order valence-corrected chi connectivity index (χ1v) is 12.5. The van der Waals surface area contributed by atoms with Crippen LogP contribution in [-0.4, -0.2) is 55.2 Å². The summed E-state index contributed by atoms with van der Waals surface area (Å²) < 4.78 is 37.5. The number of halogens is 1. The normalized spacial score (nSPS) is 16.7. The molecule has 0 atom stereocenters. The molecule has 1 aliphatic heterocycles. The molecular weight excluding hydrogens is 456 g/mol. The third kappa shape index (κ3) is 4.30. The number of benzene rings is 1. The zero-order valence-corrected chi connectivity index (χ0v) is 18.8. The molecule has 5 rings (SSSR count). The Bertz CT molecular complexity index is 1320. The van der Waals surface area contributed by atoms with Crippen molar-refractivity contribution in [2.45, 2.75) is 18.8 Å². The van der Waals surface area contributed by atoms with Crippen LogP contribution in [0.2, 0.25) is 5.02 Å². The van der Waals surface area contributed by atoms with Gasteiger partial charge in [0, 0.05) is 22.8 Å². The highest BCUT2D eigenvalue weighted by Crippen LogP contribution is 2.43. The lowest BCUT2D eigenvalue weighted by Gasteiger charge is -2.25. The van der Waals surface area contributed by atoms with Gasteiger partial charge in [0.1, 0.15) is 5.02 Å². The van der Waals surface area contributed by atoms with Gasteiger partial charge in [0.2, 0.25) is 15.9 Å². The minimum atomic E-state index is -3.66. The van der Waals surface area contributed by atoms with E-state index >= 15 is 0 Å². The van der Waals surface area contributed by atoms with Gasteiger partial charge in [0.05, 0.1) is 49.2 Å². The third-order valence-electron chi connectivity index (χ3n) is 5.41. The zero-order valence-electron chi connectivity index (χ0n) is 17.2. The Hall–Kier alpha value is -2.69. The molecule has 3 heterocycles. The van der Waals surface area contributed by atoms with Crippen LogP contribution in [0.3, 0.4) is 0 Å². The van der Waals surface area contributed by atoms with Crippen LogP contribution in [0, 0.1) is 5.92 Å². The van der Waals surface area contributed by atoms with Crippen molar-refractivity contribution in [2.75, 3.05) is 26.1 Å². The Morgan fingerprint density at radius 2 is 2.09 bits per heavy atom. The highest BCUT2D eigenvalue weighted by atomic mass is 35.5. The summed E-state index contributed by atoms with van der Waals surface area (Å²) in [4.78, 5) is 16.7. The lowest BCUT2D eigenvalue weighted by Crippen LogP contribution is -2.32. The number of carbonyl (C=O) groups excluding carboxylic acids is 1. The maximum Gasteiger partial charge on any atom is 0.264 e. The Kier molecular flexibility index (Phi) is 5.31. The molecular formula is C21H21ClN4O5S. The van der Waals surface area contributed by atoms with Gasteiger partial charge in [-0.3, -0.25) is 4.79 Å². The lowest BCUT2D eigenvalue weighted by molar-refractivity contribution is -0.0514. The monoisotopic (exact) mass is 476 g/mol. The number of pyridine rings is 1. The number of hydrogen-bond donors (Lipinski definition) is 1. The molecule has 3 aromatic rings. The van der Waals surface area contributed by atoms with Gasteiger partial charge in [-0.25, -0.2) is 22.8 Å². The minimum Gasteiger partial charge on any atom is -0.476 e. The first-order valence-electron chi connectivity index (χ1n) is 10.2. The van der Waals surface area contributed by atoms with Crippen LogP contribution in [0.1, 0.15) is 34.8 Å². The summed E-state index contributed by atoms with van der Waals surface area (Å²) in [5, 5.41) is 5.95. The number of rotatable bonds is 7. The van der Waals surface area contributed by atoms with Crippen molar-refractivity contribution in [2.24, 2.45) is 5.92 Å². The minimum absolute atomic E-state index is 0.254. The maximum atomic E-state index is 12.3. The van der Waals surface area contributed by atoms with Crippen molar-refractivity contribution in [1.29, 1.82) is 0 Å². The number of nitrogens with zero attached hydrogens (tertiary/aromatic N) is 3. The van der Waals surface area contributed by atoms with Gasteiger partial charge in [-0.05, 0) is 37.1 Å². The maximum absolute atomic E-state index is 12.3. The van der Waals surface area contributed by atoms with Crippen LogP contribution in [0.25, 0.3) is 16.6 Å². The number of nitrogens with one attached hydrogen (secondary N) is 1. The Balaban J connectivity index is 1.48. The van der Waals surface area contributed by atoms with Gasteiger partial charge in [-0.1, -0.05) is 11.6 Å². The summed E-state index contributed by atoms with van der Waals surface area (Å²) in [6.45, 7) is 1.87. The van der Waals surface area contributed by atoms with E-state index < -0.39 is 15.9 Å². The fraction of sp³-hybridized carbons (Fsp3) is 0.381. The van der Waals surface area contributed by atoms with Crippen LogP contribution < -0.4 is 9.46 Å². The van der Waals surface area contributed by atoms with E-state index in [2.05, 4.69) is 4.98 Å². The standard InChI is InChI=1S/C21H21ClN4O5S/c1-32(28,29)25-20(27)14-4-5-18-16(6-14)19(13-2-3-13)24-26(18)15-7-17(22)21(23-8-15)31-11-12-9-30-10-12/h4-8,12-13H,2-3,9-11H2,1H3,(H,25,27). The fourth-order valence-electron chi connectivity index (χ4n) is 3.58. The predicted octanol–water partition coefficient (Wildman–Crippen LogP) is 2.67. The molecule has 9 nitrogen and oxygen atoms in total. The van der Waals surface area contributed by atoms with Gasteiger partial charge in [-0.15, -0.1) is 0 Å². The molecule has 1 saturated heterocycles. The molecule has 0 unspecified atom stereocenters. The zero-order chi connectivity index (χ0) is 22.5. The van der Waals surface area contributed by atoms with Gasteiger partial charge in [0.25, 0.3) is 5.91 Å². The molecule has 2 aliphatic rings. The first kappa shape index (κ1) is 21.2. The van der Waals surface area contributed by atoms with E-state index in [9.17, 15) is 13.2 Å². The largest absolute Gasteiger partial charge is 0.476 e. The van der Waals surface area contributed by atoms with Crippen LogP contribution in [0.4, 0.5) is 0 Å². The van der Waals surface area contributed by atoms with Gasteiger partial charge in [-0.2, -0.15) is 5.10 Å². The molecule has 2 fully saturated rings. The molecule has 0 bridgehead atoms. The van der Waals surface area contributed by atoms with Crippen molar-refractivity contribution >= 4 is 38.4 Å². The summed E-state index contributed by atoms with van der Waals surface area (Å²) in [5.74, 6) is 0.355. The van der Waals surface area contributed by atoms with E-state index in [0.717, 1.165) is 35.7 Å². The summed E-state index contributed by atoms with van der Waals surface area (Å²) >= 11 is 6.42. The van der Waals surface area contributed by atoms with Crippen LogP contribution in [0.15, 0.2) is 30.5 Å². The summed E-state index contributed by atoms with van der Waals surface area (Å²) in [6.07, 6.45) is 4.62. The van der Waals surface area contributed by atoms with E-state index in [4.69, 9.17) is 26.2 Å². The topological polar surface area (TPSA) is 112 Å². The number of fused-ring (bicyclic) bond motifs is 1. The average Bonchev–Trinajstić information content (AvgIpc) is 3.47. The Morgan fingerprint density at radius 1 is 1.31 bits per heavy atom. The predicted molar refractivity (Wildman–Crippen MR) is 118 cm³/mol. The van der Waals surface area contributed by atoms with E-state index in [1.165, 1.54) is 0 Å². The number of aromatic nitrogens is 3. The van der Waals surface area contributed by atoms with Gasteiger partial charge < -0.3 is 9.47 Å². The molecule has 2 aromatic heterocycles. The molecule has 0 spiro atoms. The van der Waals surface area contributed by atoms with Crippen molar-refractivity contribution < 1.29 is 22.7 Å². The SMILES string of the molecule is CS(=O)(=O)NC(=O)c1ccc2c(c1)c(C1CC1)nn2-c1cnc(OCC2COC2)c(Cl)c1. The Labute approximate surface area is 189 Å². The fourth-order valence-corrected chi connectivity index (χ4v) is 4.25. The second-order valence-electron chi connectivity index (χ2n) is 8.20. The van der Waals surface area contributed by atoms with Crippen LogP contribution in [0.5, 0.6) is 5.88 Å². The molecule has 11 heteroatoms. The molecule has 32 heavy (non-hydrogen) atoms. The Morgan fingerprint density at radius 3 is 2.72 bits per heavy atom. The van der Waals surface area contributed by atoms with Crippen LogP contribution >= 0.6 is 11.6 Å². The number of ether oxygens (including phenoxy) is 2. The van der Waals surface area contributed by atoms with E-state index in [1.807, 2.05) is 4.72 Å². The number of sulfonamides is 1. The van der Waals surface area contributed by atoms with Crippen molar-refractivity contribution in [3.05, 3.63) is 46.7 Å². The van der Waals surface area contributed by atoms with Crippen molar-refractivity contribution in [3.63, 3.8) is 0 Å². The smallest absolute Gasteiger partial charge is 0.264 e. The summed E-state index contributed by atoms with van der Waals surface area (Å²) in [5.41, 5.74) is 2.57. The van der Waals surface area contributed by atoms with E-state index in [0.29, 0.717) is 48.2 Å². The number of carbonyl (C=O) groups is 1. The number of amides is 1. The summed E-state index contributed by atoms with van der Waals surface area (Å²) in [7, 11) is -3.66. The lowest BCUT2D eigenvalue weighted by atomic mass is 10.1. The quantitative estimate of drug-likeness (QED) is 0.557. The van der Waals surface area contributed by atoms with Gasteiger partial charge >= 0.3 is 0 Å². The molecule has 1 N–H and O–H groups in total. The second-order valence-corrected chi connectivity index (χ2v) is 10.4. The molecule has 1 aromatic carbocycles. The van der Waals surface area contributed by atoms with E-state index in [-0.39, 0.29) is 5.56 Å². The highest BCUT2D eigenvalue weighted by molar-refractivity contribution is 7.89. The second kappa shape index (κ2) is 8.02. The first-order chi connectivity index (χ1) is 15.3. The van der Waals surface area contributed by atoms with Crippen molar-refractivity contribution in [3.8, 4) is 11.6 Å². The molecule has 168 valence electrons. The van der Waals surface area contributed by atoms with Crippen LogP contribution in [-0.2, 0) is 14.8 Å². The average molecular weight is 477 g/mol. The number of hydrogen-bond acceptors (Lipinski definition) is 7. The third-order valence-corrected chi connectivity index (χ3v) is 6.24.